The van der Waals surface area contributed by atoms with Crippen LogP contribution in [0.5, 0.6) is 0 Å². The smallest absolute Gasteiger partial charge is 0.337 e. The molecule has 110 valence electrons. The topological polar surface area (TPSA) is 81.7 Å². The van der Waals surface area contributed by atoms with E-state index in [2.05, 4.69) is 10.6 Å². The summed E-state index contributed by atoms with van der Waals surface area (Å²) in [5, 5.41) is 14.6. The quantitative estimate of drug-likeness (QED) is 0.778. The van der Waals surface area contributed by atoms with Gasteiger partial charge in [-0.2, -0.15) is 0 Å². The Morgan fingerprint density at radius 1 is 1.40 bits per heavy atom. The zero-order valence-electron chi connectivity index (χ0n) is 11.6. The summed E-state index contributed by atoms with van der Waals surface area (Å²) in [7, 11) is 3.80. The molecule has 0 aliphatic rings. The Kier molecular flexibility index (Phi) is 5.79. The molecule has 0 aromatic heterocycles. The Hall–Kier alpha value is -1.79. The van der Waals surface area contributed by atoms with Crippen molar-refractivity contribution in [1.29, 1.82) is 0 Å². The molecule has 0 heterocycles. The fourth-order valence-electron chi connectivity index (χ4n) is 1.78. The van der Waals surface area contributed by atoms with Crippen molar-refractivity contribution >= 4 is 29.3 Å². The summed E-state index contributed by atoms with van der Waals surface area (Å²) in [5.74, 6) is -1.13. The highest BCUT2D eigenvalue weighted by molar-refractivity contribution is 6.31. The van der Waals surface area contributed by atoms with Gasteiger partial charge < -0.3 is 20.6 Å². The van der Waals surface area contributed by atoms with Gasteiger partial charge in [0, 0.05) is 17.6 Å². The Bertz CT molecular complexity index is 506. The summed E-state index contributed by atoms with van der Waals surface area (Å²) >= 11 is 5.81. The van der Waals surface area contributed by atoms with Gasteiger partial charge >= 0.3 is 12.0 Å². The lowest BCUT2D eigenvalue weighted by molar-refractivity contribution is 0.0698. The van der Waals surface area contributed by atoms with Crippen LogP contribution in [0.1, 0.15) is 17.3 Å². The highest BCUT2D eigenvalue weighted by atomic mass is 35.5. The van der Waals surface area contributed by atoms with Crippen molar-refractivity contribution in [3.05, 3.63) is 28.8 Å². The number of amides is 2. The van der Waals surface area contributed by atoms with Crippen LogP contribution in [0.15, 0.2) is 18.2 Å². The number of urea groups is 1. The van der Waals surface area contributed by atoms with Crippen LogP contribution in [0.4, 0.5) is 10.5 Å². The molecule has 0 spiro atoms. The van der Waals surface area contributed by atoms with Gasteiger partial charge in [-0.3, -0.25) is 0 Å². The van der Waals surface area contributed by atoms with Gasteiger partial charge in [0.1, 0.15) is 0 Å². The van der Waals surface area contributed by atoms with Crippen molar-refractivity contribution in [2.45, 2.75) is 13.0 Å². The highest BCUT2D eigenvalue weighted by Gasteiger charge is 2.14. The van der Waals surface area contributed by atoms with E-state index in [1.54, 1.807) is 0 Å². The van der Waals surface area contributed by atoms with Crippen molar-refractivity contribution in [2.75, 3.05) is 26.0 Å². The van der Waals surface area contributed by atoms with Gasteiger partial charge in [-0.15, -0.1) is 0 Å². The molecule has 1 unspecified atom stereocenters. The Morgan fingerprint density at radius 3 is 2.60 bits per heavy atom. The number of nitrogens with zero attached hydrogens (tertiary/aromatic N) is 1. The first-order valence-electron chi connectivity index (χ1n) is 6.04. The lowest BCUT2D eigenvalue weighted by Crippen LogP contribution is -2.41. The average molecular weight is 300 g/mol. The SMILES string of the molecule is CC(CN(C)C)NC(=O)Nc1cc(Cl)ccc1C(=O)O. The van der Waals surface area contributed by atoms with E-state index in [0.717, 1.165) is 0 Å². The van der Waals surface area contributed by atoms with Crippen LogP contribution in [-0.4, -0.2) is 48.7 Å². The van der Waals surface area contributed by atoms with Gasteiger partial charge in [-0.1, -0.05) is 11.6 Å². The number of benzene rings is 1. The summed E-state index contributed by atoms with van der Waals surface area (Å²) in [6, 6.07) is 3.68. The molecule has 3 N–H and O–H groups in total. The molecule has 7 heteroatoms. The molecule has 0 aliphatic carbocycles. The summed E-state index contributed by atoms with van der Waals surface area (Å²) in [6.07, 6.45) is 0. The molecule has 0 bridgehead atoms. The van der Waals surface area contributed by atoms with Gasteiger partial charge in [-0.05, 0) is 39.2 Å². The number of halogens is 1. The van der Waals surface area contributed by atoms with Crippen molar-refractivity contribution in [3.63, 3.8) is 0 Å². The van der Waals surface area contributed by atoms with Crippen molar-refractivity contribution in [3.8, 4) is 0 Å². The van der Waals surface area contributed by atoms with Crippen LogP contribution >= 0.6 is 11.6 Å². The van der Waals surface area contributed by atoms with Crippen molar-refractivity contribution < 1.29 is 14.7 Å². The predicted molar refractivity (Wildman–Crippen MR) is 78.6 cm³/mol. The monoisotopic (exact) mass is 299 g/mol. The number of nitrogens with one attached hydrogen (secondary N) is 2. The van der Waals surface area contributed by atoms with E-state index >= 15 is 0 Å². The number of aromatic carboxylic acids is 1. The number of rotatable bonds is 5. The Balaban J connectivity index is 2.75. The molecule has 1 atom stereocenters. The molecule has 6 nitrogen and oxygen atoms in total. The van der Waals surface area contributed by atoms with Gasteiger partial charge in [0.2, 0.25) is 0 Å². The molecule has 0 aliphatic heterocycles. The van der Waals surface area contributed by atoms with Crippen LogP contribution in [0.2, 0.25) is 5.02 Å². The number of hydrogen-bond donors (Lipinski definition) is 3. The minimum Gasteiger partial charge on any atom is -0.478 e. The fraction of sp³-hybridized carbons (Fsp3) is 0.385. The molecular weight excluding hydrogens is 282 g/mol. The molecule has 1 rings (SSSR count). The number of carbonyl (C=O) groups is 2. The van der Waals surface area contributed by atoms with Crippen molar-refractivity contribution in [1.82, 2.24) is 10.2 Å². The molecule has 2 amide bonds. The normalized spacial score (nSPS) is 12.1. The third-order valence-electron chi connectivity index (χ3n) is 2.48. The first-order valence-corrected chi connectivity index (χ1v) is 6.42. The van der Waals surface area contributed by atoms with Gasteiger partial charge in [0.15, 0.2) is 0 Å². The summed E-state index contributed by atoms with van der Waals surface area (Å²) < 4.78 is 0. The molecule has 1 aromatic rings. The van der Waals surface area contributed by atoms with Crippen molar-refractivity contribution in [2.24, 2.45) is 0 Å². The molecule has 0 fully saturated rings. The zero-order valence-corrected chi connectivity index (χ0v) is 12.4. The maximum atomic E-state index is 11.8. The molecule has 0 radical (unpaired) electrons. The summed E-state index contributed by atoms with van der Waals surface area (Å²) in [5.41, 5.74) is 0.157. The van der Waals surface area contributed by atoms with E-state index in [-0.39, 0.29) is 17.3 Å². The lowest BCUT2D eigenvalue weighted by atomic mass is 10.2. The molecule has 0 saturated carbocycles. The average Bonchev–Trinajstić information content (AvgIpc) is 2.26. The maximum absolute atomic E-state index is 11.8. The van der Waals surface area contributed by atoms with Crippen LogP contribution in [-0.2, 0) is 0 Å². The van der Waals surface area contributed by atoms with Gasteiger partial charge in [0.25, 0.3) is 0 Å². The fourth-order valence-corrected chi connectivity index (χ4v) is 1.95. The van der Waals surface area contributed by atoms with Crippen LogP contribution in [0, 0.1) is 0 Å². The standard InChI is InChI=1S/C13H18ClN3O3/c1-8(7-17(2)3)15-13(20)16-11-6-9(14)4-5-10(11)12(18)19/h4-6,8H,7H2,1-3H3,(H,18,19)(H2,15,16,20). The van der Waals surface area contributed by atoms with E-state index in [0.29, 0.717) is 11.6 Å². The largest absolute Gasteiger partial charge is 0.478 e. The third kappa shape index (κ3) is 5.07. The third-order valence-corrected chi connectivity index (χ3v) is 2.71. The maximum Gasteiger partial charge on any atom is 0.337 e. The van der Waals surface area contributed by atoms with E-state index in [1.807, 2.05) is 25.9 Å². The predicted octanol–water partition coefficient (Wildman–Crippen LogP) is 2.11. The summed E-state index contributed by atoms with van der Waals surface area (Å²) in [4.78, 5) is 24.8. The minimum atomic E-state index is -1.13. The van der Waals surface area contributed by atoms with E-state index in [9.17, 15) is 9.59 Å². The van der Waals surface area contributed by atoms with Crippen LogP contribution in [0.3, 0.4) is 0 Å². The molecule has 1 aromatic carbocycles. The van der Waals surface area contributed by atoms with Crippen LogP contribution in [0.25, 0.3) is 0 Å². The highest BCUT2D eigenvalue weighted by Crippen LogP contribution is 2.21. The van der Waals surface area contributed by atoms with E-state index in [4.69, 9.17) is 16.7 Å². The van der Waals surface area contributed by atoms with Gasteiger partial charge in [0.05, 0.1) is 11.3 Å². The Morgan fingerprint density at radius 2 is 2.05 bits per heavy atom. The summed E-state index contributed by atoms with van der Waals surface area (Å²) in [6.45, 7) is 2.53. The first kappa shape index (κ1) is 16.3. The number of carboxylic acids is 1. The molecular formula is C13H18ClN3O3. The van der Waals surface area contributed by atoms with Crippen LogP contribution < -0.4 is 10.6 Å². The number of anilines is 1. The lowest BCUT2D eigenvalue weighted by Gasteiger charge is -2.19. The number of likely N-dealkylation sites (N-methyl/N-ethyl adjacent to an activating group) is 1. The second-order valence-corrected chi connectivity index (χ2v) is 5.19. The first-order chi connectivity index (χ1) is 9.29. The second-order valence-electron chi connectivity index (χ2n) is 4.76. The molecule has 20 heavy (non-hydrogen) atoms. The van der Waals surface area contributed by atoms with Gasteiger partial charge in [-0.25, -0.2) is 9.59 Å². The Labute approximate surface area is 122 Å². The minimum absolute atomic E-state index is 0.00943. The van der Waals surface area contributed by atoms with E-state index < -0.39 is 12.0 Å². The number of carboxylic acid groups (broad SMARTS) is 1. The molecule has 0 saturated heterocycles. The number of carbonyl (C=O) groups excluding carboxylic acids is 1. The zero-order chi connectivity index (χ0) is 15.3. The number of hydrogen-bond acceptors (Lipinski definition) is 3. The second kappa shape index (κ2) is 7.12. The van der Waals surface area contributed by atoms with E-state index in [1.165, 1.54) is 18.2 Å².